The van der Waals surface area contributed by atoms with E-state index in [4.69, 9.17) is 14.4 Å². The van der Waals surface area contributed by atoms with Gasteiger partial charge in [-0.25, -0.2) is 0 Å². The molecule has 0 bridgehead atoms. The Labute approximate surface area is 71.6 Å². The summed E-state index contributed by atoms with van der Waals surface area (Å²) in [4.78, 5) is 25.9. The predicted molar refractivity (Wildman–Crippen MR) is 47.9 cm³/mol. The van der Waals surface area contributed by atoms with Crippen LogP contribution in [0, 0.1) is 0 Å². The fourth-order valence-corrected chi connectivity index (χ4v) is 1.19. The molecule has 0 aliphatic rings. The summed E-state index contributed by atoms with van der Waals surface area (Å²) in [5.74, 6) is 0. The number of rotatable bonds is 2. The lowest BCUT2D eigenvalue weighted by Crippen LogP contribution is -2.31. The maximum atomic E-state index is 8.64. The summed E-state index contributed by atoms with van der Waals surface area (Å²) in [7, 11) is -4.02. The highest BCUT2D eigenvalue weighted by Crippen LogP contribution is 2.02. The van der Waals surface area contributed by atoms with Crippen molar-refractivity contribution in [3.63, 3.8) is 0 Å². The van der Waals surface area contributed by atoms with Gasteiger partial charge in [0.1, 0.15) is 0 Å². The van der Waals surface area contributed by atoms with E-state index in [1.807, 2.05) is 18.2 Å². The van der Waals surface area contributed by atoms with Gasteiger partial charge in [-0.2, -0.15) is 0 Å². The molecule has 0 amide bonds. The molecule has 0 aromatic heterocycles. The lowest BCUT2D eigenvalue weighted by atomic mass is 10.2. The summed E-state index contributed by atoms with van der Waals surface area (Å²) in [6.07, 6.45) is 1.48. The highest BCUT2D eigenvalue weighted by atomic mass is 28.4. The van der Waals surface area contributed by atoms with Crippen molar-refractivity contribution < 1.29 is 14.4 Å². The molecule has 1 aromatic carbocycles. The van der Waals surface area contributed by atoms with E-state index < -0.39 is 8.80 Å². The van der Waals surface area contributed by atoms with Crippen molar-refractivity contribution in [3.8, 4) is 0 Å². The molecule has 12 heavy (non-hydrogen) atoms. The molecule has 0 heterocycles. The van der Waals surface area contributed by atoms with E-state index in [1.165, 1.54) is 6.08 Å². The summed E-state index contributed by atoms with van der Waals surface area (Å²) in [6, 6.07) is 9.12. The molecule has 0 radical (unpaired) electrons. The van der Waals surface area contributed by atoms with Gasteiger partial charge in [0.2, 0.25) is 0 Å². The monoisotopic (exact) mass is 182 g/mol. The van der Waals surface area contributed by atoms with Crippen LogP contribution in [-0.2, 0) is 0 Å². The Kier molecular flexibility index (Phi) is 2.77. The first-order valence-electron chi connectivity index (χ1n) is 3.49. The Hall–Kier alpha value is -0.943. The third-order valence-corrected chi connectivity index (χ3v) is 1.91. The first-order chi connectivity index (χ1) is 5.58. The first-order valence-corrected chi connectivity index (χ1v) is 5.41. The van der Waals surface area contributed by atoms with Gasteiger partial charge in [-0.05, 0) is 11.3 Å². The van der Waals surface area contributed by atoms with Crippen molar-refractivity contribution >= 4 is 14.9 Å². The van der Waals surface area contributed by atoms with Crippen molar-refractivity contribution in [2.24, 2.45) is 0 Å². The van der Waals surface area contributed by atoms with Crippen molar-refractivity contribution in [1.29, 1.82) is 0 Å². The minimum atomic E-state index is -4.02. The van der Waals surface area contributed by atoms with Crippen LogP contribution in [0.4, 0.5) is 0 Å². The molecule has 3 nitrogen and oxygen atoms in total. The Balaban J connectivity index is 2.71. The molecule has 0 unspecified atom stereocenters. The Morgan fingerprint density at radius 2 is 1.58 bits per heavy atom. The van der Waals surface area contributed by atoms with Crippen LogP contribution in [0.2, 0.25) is 0 Å². The van der Waals surface area contributed by atoms with E-state index in [0.29, 0.717) is 0 Å². The largest absolute Gasteiger partial charge is 0.521 e. The lowest BCUT2D eigenvalue weighted by molar-refractivity contribution is 0.248. The van der Waals surface area contributed by atoms with Crippen LogP contribution in [0.15, 0.2) is 36.0 Å². The smallest absolute Gasteiger partial charge is 0.387 e. The fraction of sp³-hybridized carbons (Fsp3) is 0. The maximum absolute atomic E-state index is 8.64. The molecule has 0 spiro atoms. The molecule has 0 atom stereocenters. The van der Waals surface area contributed by atoms with Crippen LogP contribution >= 0.6 is 0 Å². The minimum Gasteiger partial charge on any atom is -0.387 e. The quantitative estimate of drug-likeness (QED) is 0.571. The molecule has 0 fully saturated rings. The third-order valence-electron chi connectivity index (χ3n) is 1.30. The molecule has 1 rings (SSSR count). The SMILES string of the molecule is O[Si](O)(O)C=Cc1ccccc1. The topological polar surface area (TPSA) is 60.7 Å². The summed E-state index contributed by atoms with van der Waals surface area (Å²) >= 11 is 0. The van der Waals surface area contributed by atoms with Gasteiger partial charge in [0.25, 0.3) is 0 Å². The molecule has 3 N–H and O–H groups in total. The summed E-state index contributed by atoms with van der Waals surface area (Å²) in [5, 5.41) is 0. The third kappa shape index (κ3) is 3.45. The number of benzene rings is 1. The molecule has 1 aromatic rings. The van der Waals surface area contributed by atoms with Gasteiger partial charge in [0.15, 0.2) is 0 Å². The normalized spacial score (nSPS) is 12.2. The van der Waals surface area contributed by atoms with Crippen LogP contribution < -0.4 is 0 Å². The zero-order valence-electron chi connectivity index (χ0n) is 6.38. The average Bonchev–Trinajstić information content (AvgIpc) is 2.02. The Morgan fingerprint density at radius 1 is 1.00 bits per heavy atom. The fourth-order valence-electron chi connectivity index (χ4n) is 0.772. The van der Waals surface area contributed by atoms with Crippen molar-refractivity contribution in [2.75, 3.05) is 0 Å². The second-order valence-electron chi connectivity index (χ2n) is 2.43. The van der Waals surface area contributed by atoms with Gasteiger partial charge in [0.05, 0.1) is 0 Å². The van der Waals surface area contributed by atoms with Gasteiger partial charge in [-0.3, -0.25) is 0 Å². The highest BCUT2D eigenvalue weighted by molar-refractivity contribution is 6.62. The van der Waals surface area contributed by atoms with Gasteiger partial charge < -0.3 is 14.4 Å². The first kappa shape index (κ1) is 9.15. The summed E-state index contributed by atoms with van der Waals surface area (Å²) in [6.45, 7) is 0. The molecule has 0 saturated carbocycles. The average molecular weight is 182 g/mol. The second kappa shape index (κ2) is 3.64. The lowest BCUT2D eigenvalue weighted by Gasteiger charge is -2.00. The van der Waals surface area contributed by atoms with Crippen molar-refractivity contribution in [1.82, 2.24) is 0 Å². The highest BCUT2D eigenvalue weighted by Gasteiger charge is 2.21. The van der Waals surface area contributed by atoms with Crippen LogP contribution in [0.25, 0.3) is 6.08 Å². The standard InChI is InChI=1S/C8H10O3Si/c9-12(10,11)7-6-8-4-2-1-3-5-8/h1-7,9-11H. The Bertz CT molecular complexity index is 263. The van der Waals surface area contributed by atoms with Gasteiger partial charge in [-0.15, -0.1) is 0 Å². The molecule has 64 valence electrons. The van der Waals surface area contributed by atoms with E-state index in [1.54, 1.807) is 12.1 Å². The molecule has 0 aliphatic heterocycles. The number of hydrogen-bond acceptors (Lipinski definition) is 3. The van der Waals surface area contributed by atoms with Gasteiger partial charge >= 0.3 is 8.80 Å². The van der Waals surface area contributed by atoms with Crippen LogP contribution in [0.5, 0.6) is 0 Å². The van der Waals surface area contributed by atoms with Crippen molar-refractivity contribution in [3.05, 3.63) is 41.6 Å². The predicted octanol–water partition coefficient (Wildman–Crippen LogP) is 0.155. The minimum absolute atomic E-state index is 0.825. The number of hydrogen-bond donors (Lipinski definition) is 3. The second-order valence-corrected chi connectivity index (χ2v) is 4.14. The van der Waals surface area contributed by atoms with E-state index >= 15 is 0 Å². The molecule has 0 saturated heterocycles. The molecule has 4 heteroatoms. The van der Waals surface area contributed by atoms with Crippen molar-refractivity contribution in [2.45, 2.75) is 0 Å². The van der Waals surface area contributed by atoms with Gasteiger partial charge in [-0.1, -0.05) is 36.4 Å². The van der Waals surface area contributed by atoms with Crippen LogP contribution in [0.3, 0.4) is 0 Å². The molecule has 0 aliphatic carbocycles. The zero-order valence-corrected chi connectivity index (χ0v) is 7.38. The van der Waals surface area contributed by atoms with Crippen LogP contribution in [-0.4, -0.2) is 23.2 Å². The molecular weight excluding hydrogens is 172 g/mol. The summed E-state index contributed by atoms with van der Waals surface area (Å²) in [5.41, 5.74) is 1.86. The zero-order chi connectivity index (χ0) is 9.03. The maximum Gasteiger partial charge on any atom is 0.521 e. The van der Waals surface area contributed by atoms with E-state index in [2.05, 4.69) is 0 Å². The van der Waals surface area contributed by atoms with Gasteiger partial charge in [0, 0.05) is 0 Å². The van der Waals surface area contributed by atoms with E-state index in [9.17, 15) is 0 Å². The Morgan fingerprint density at radius 3 is 2.08 bits per heavy atom. The van der Waals surface area contributed by atoms with Crippen LogP contribution in [0.1, 0.15) is 5.56 Å². The summed E-state index contributed by atoms with van der Waals surface area (Å²) < 4.78 is 0. The molecular formula is C8H10O3Si. The van der Waals surface area contributed by atoms with E-state index in [-0.39, 0.29) is 0 Å². The van der Waals surface area contributed by atoms with E-state index in [0.717, 1.165) is 11.3 Å².